The van der Waals surface area contributed by atoms with E-state index >= 15 is 0 Å². The minimum absolute atomic E-state index is 0.0173. The monoisotopic (exact) mass is 312 g/mol. The Hall–Kier alpha value is -2.21. The van der Waals surface area contributed by atoms with E-state index < -0.39 is 0 Å². The van der Waals surface area contributed by atoms with Crippen molar-refractivity contribution in [3.63, 3.8) is 0 Å². The number of nitrogen functional groups attached to an aromatic ring is 1. The Morgan fingerprint density at radius 2 is 1.70 bits per heavy atom. The average molecular weight is 312 g/mol. The van der Waals surface area contributed by atoms with Gasteiger partial charge in [-0.3, -0.25) is 0 Å². The molecule has 8 N–H and O–H groups in total. The normalized spacial score (nSPS) is 12.2. The first-order valence-corrected chi connectivity index (χ1v) is 6.62. The SMILES string of the molecule is Cc1cc(SC(N=N)=NN)c(N)c(SC(N=N)=NN)n1. The first kappa shape index (κ1) is 15.8. The van der Waals surface area contributed by atoms with Crippen LogP contribution in [0.15, 0.2) is 36.4 Å². The molecular weight excluding hydrogens is 300 g/mol. The molecule has 0 spiro atoms. The maximum atomic E-state index is 6.92. The van der Waals surface area contributed by atoms with E-state index in [1.165, 1.54) is 0 Å². The third-order valence-corrected chi connectivity index (χ3v) is 3.74. The Morgan fingerprint density at radius 3 is 2.20 bits per heavy atom. The summed E-state index contributed by atoms with van der Waals surface area (Å²) in [4.78, 5) is 4.81. The van der Waals surface area contributed by atoms with E-state index in [1.807, 2.05) is 0 Å². The Kier molecular flexibility index (Phi) is 5.86. The van der Waals surface area contributed by atoms with Crippen LogP contribution >= 0.6 is 23.5 Å². The van der Waals surface area contributed by atoms with Crippen molar-refractivity contribution in [2.75, 3.05) is 5.73 Å². The summed E-state index contributed by atoms with van der Waals surface area (Å²) in [5.74, 6) is 10.2. The topological polar surface area (TPSA) is 188 Å². The van der Waals surface area contributed by atoms with Gasteiger partial charge in [0.25, 0.3) is 0 Å². The van der Waals surface area contributed by atoms with Crippen LogP contribution in [0.3, 0.4) is 0 Å². The lowest BCUT2D eigenvalue weighted by Crippen LogP contribution is -2.02. The van der Waals surface area contributed by atoms with Crippen LogP contribution in [-0.2, 0) is 0 Å². The highest BCUT2D eigenvalue weighted by atomic mass is 32.2. The van der Waals surface area contributed by atoms with Crippen molar-refractivity contribution in [2.24, 2.45) is 32.1 Å². The molecule has 106 valence electrons. The number of pyridine rings is 1. The molecule has 0 fully saturated rings. The van der Waals surface area contributed by atoms with Crippen molar-refractivity contribution in [3.8, 4) is 0 Å². The predicted molar refractivity (Wildman–Crippen MR) is 78.6 cm³/mol. The van der Waals surface area contributed by atoms with E-state index in [1.54, 1.807) is 13.0 Å². The summed E-state index contributed by atoms with van der Waals surface area (Å²) in [6.07, 6.45) is 0. The van der Waals surface area contributed by atoms with E-state index in [4.69, 9.17) is 28.5 Å². The maximum Gasteiger partial charge on any atom is 0.232 e. The molecule has 0 saturated heterocycles. The number of aromatic nitrogens is 1. The number of thioether (sulfide) groups is 2. The molecule has 0 atom stereocenters. The molecule has 0 aromatic carbocycles. The van der Waals surface area contributed by atoms with Gasteiger partial charge in [0.1, 0.15) is 5.03 Å². The van der Waals surface area contributed by atoms with Crippen LogP contribution in [0.2, 0.25) is 0 Å². The van der Waals surface area contributed by atoms with Crippen LogP contribution in [0, 0.1) is 18.0 Å². The zero-order valence-electron chi connectivity index (χ0n) is 10.4. The molecule has 0 bridgehead atoms. The van der Waals surface area contributed by atoms with E-state index in [-0.39, 0.29) is 10.3 Å². The lowest BCUT2D eigenvalue weighted by Gasteiger charge is -2.09. The number of hydrogen-bond acceptors (Lipinski definition) is 10. The molecule has 1 heterocycles. The number of amidine groups is 2. The van der Waals surface area contributed by atoms with Crippen molar-refractivity contribution in [3.05, 3.63) is 11.8 Å². The van der Waals surface area contributed by atoms with Gasteiger partial charge in [-0.25, -0.2) is 16.0 Å². The van der Waals surface area contributed by atoms with Crippen LogP contribution < -0.4 is 17.4 Å². The van der Waals surface area contributed by atoms with Crippen LogP contribution in [0.4, 0.5) is 5.69 Å². The van der Waals surface area contributed by atoms with E-state index in [0.29, 0.717) is 21.3 Å². The van der Waals surface area contributed by atoms with E-state index in [0.717, 1.165) is 23.5 Å². The molecule has 10 nitrogen and oxygen atoms in total. The second kappa shape index (κ2) is 7.40. The maximum absolute atomic E-state index is 6.92. The molecule has 0 aliphatic carbocycles. The summed E-state index contributed by atoms with van der Waals surface area (Å²) in [6, 6.07) is 1.71. The van der Waals surface area contributed by atoms with Gasteiger partial charge in [0, 0.05) is 10.6 Å². The molecular formula is C8H12N10S2. The molecule has 0 aliphatic heterocycles. The first-order valence-electron chi connectivity index (χ1n) is 4.99. The van der Waals surface area contributed by atoms with Crippen LogP contribution in [0.5, 0.6) is 0 Å². The minimum Gasteiger partial charge on any atom is -0.396 e. The Balaban J connectivity index is 3.19. The zero-order chi connectivity index (χ0) is 15.1. The van der Waals surface area contributed by atoms with Crippen LogP contribution in [0.1, 0.15) is 5.69 Å². The molecule has 0 saturated carbocycles. The van der Waals surface area contributed by atoms with E-state index in [9.17, 15) is 0 Å². The van der Waals surface area contributed by atoms with Gasteiger partial charge in [0.2, 0.25) is 10.3 Å². The number of nitrogens with one attached hydrogen (secondary N) is 2. The van der Waals surface area contributed by atoms with Gasteiger partial charge in [0.05, 0.1) is 5.69 Å². The van der Waals surface area contributed by atoms with Gasteiger partial charge in [-0.15, -0.1) is 10.2 Å². The molecule has 0 radical (unpaired) electrons. The smallest absolute Gasteiger partial charge is 0.232 e. The largest absolute Gasteiger partial charge is 0.396 e. The minimum atomic E-state index is 0.0173. The standard InChI is InChI=1S/C8H12N10S2/c1-3-2-4(19-7(15-10)16-11)5(9)6(14-3)20-8(17-12)18-13/h2,10,12H,9,11,13H2,1H3. The summed E-state index contributed by atoms with van der Waals surface area (Å²) in [7, 11) is 0. The molecule has 1 aromatic heterocycles. The fourth-order valence-electron chi connectivity index (χ4n) is 1.13. The van der Waals surface area contributed by atoms with E-state index in [2.05, 4.69) is 25.4 Å². The van der Waals surface area contributed by atoms with Crippen molar-refractivity contribution in [2.45, 2.75) is 16.8 Å². The number of aryl methyl sites for hydroxylation is 1. The van der Waals surface area contributed by atoms with Gasteiger partial charge < -0.3 is 17.4 Å². The Bertz CT molecular complexity index is 534. The highest BCUT2D eigenvalue weighted by Gasteiger charge is 2.14. The number of hydrazone groups is 2. The highest BCUT2D eigenvalue weighted by molar-refractivity contribution is 8.14. The lowest BCUT2D eigenvalue weighted by molar-refractivity contribution is 1.04. The molecule has 20 heavy (non-hydrogen) atoms. The van der Waals surface area contributed by atoms with Crippen molar-refractivity contribution < 1.29 is 0 Å². The number of hydrogen-bond donors (Lipinski definition) is 5. The average Bonchev–Trinajstić information content (AvgIpc) is 2.46. The highest BCUT2D eigenvalue weighted by Crippen LogP contribution is 2.34. The van der Waals surface area contributed by atoms with Gasteiger partial charge in [-0.1, -0.05) is 0 Å². The van der Waals surface area contributed by atoms with Crippen molar-refractivity contribution in [1.29, 1.82) is 11.1 Å². The van der Waals surface area contributed by atoms with Gasteiger partial charge in [0.15, 0.2) is 0 Å². The fourth-order valence-corrected chi connectivity index (χ4v) is 2.61. The first-order chi connectivity index (χ1) is 9.55. The third kappa shape index (κ3) is 3.89. The lowest BCUT2D eigenvalue weighted by atomic mass is 10.3. The number of nitrogens with zero attached hydrogens (tertiary/aromatic N) is 5. The fraction of sp³-hybridized carbons (Fsp3) is 0.125. The second-order valence-corrected chi connectivity index (χ2v) is 5.20. The van der Waals surface area contributed by atoms with Crippen molar-refractivity contribution >= 4 is 39.5 Å². The molecule has 0 aliphatic rings. The summed E-state index contributed by atoms with van der Waals surface area (Å²) in [5.41, 5.74) is 20.8. The quantitative estimate of drug-likeness (QED) is 0.138. The van der Waals surface area contributed by atoms with Crippen LogP contribution in [0.25, 0.3) is 0 Å². The Labute approximate surface area is 122 Å². The number of nitrogens with two attached hydrogens (primary N) is 3. The molecule has 0 amide bonds. The number of rotatable bonds is 2. The summed E-state index contributed by atoms with van der Waals surface area (Å²) in [5, 5.41) is 13.4. The molecule has 1 rings (SSSR count). The summed E-state index contributed by atoms with van der Waals surface area (Å²) >= 11 is 1.99. The second-order valence-electron chi connectivity index (χ2n) is 3.23. The van der Waals surface area contributed by atoms with Crippen molar-refractivity contribution in [1.82, 2.24) is 4.98 Å². The molecule has 1 aromatic rings. The summed E-state index contributed by atoms with van der Waals surface area (Å²) < 4.78 is 0. The Morgan fingerprint density at radius 1 is 1.15 bits per heavy atom. The third-order valence-electron chi connectivity index (χ3n) is 1.92. The van der Waals surface area contributed by atoms with Gasteiger partial charge >= 0.3 is 0 Å². The zero-order valence-corrected chi connectivity index (χ0v) is 12.0. The van der Waals surface area contributed by atoms with Crippen LogP contribution in [-0.4, -0.2) is 15.3 Å². The molecule has 12 heteroatoms. The predicted octanol–water partition coefficient (Wildman–Crippen LogP) is 1.68. The summed E-state index contributed by atoms with van der Waals surface area (Å²) in [6.45, 7) is 1.77. The number of anilines is 1. The molecule has 0 unspecified atom stereocenters. The van der Waals surface area contributed by atoms with Gasteiger partial charge in [-0.2, -0.15) is 10.2 Å². The van der Waals surface area contributed by atoms with Gasteiger partial charge in [-0.05, 0) is 36.5 Å².